The lowest BCUT2D eigenvalue weighted by molar-refractivity contribution is -0.156. The lowest BCUT2D eigenvalue weighted by Gasteiger charge is -2.15. The highest BCUT2D eigenvalue weighted by molar-refractivity contribution is 6.29. The molecule has 82 valence electrons. The highest BCUT2D eigenvalue weighted by Gasteiger charge is 2.26. The first-order valence-electron chi connectivity index (χ1n) is 4.11. The first-order chi connectivity index (χ1) is 7.06. The quantitative estimate of drug-likeness (QED) is 0.578. The van der Waals surface area contributed by atoms with Gasteiger partial charge in [-0.25, -0.2) is 9.78 Å². The Kier molecular flexibility index (Phi) is 4.02. The van der Waals surface area contributed by atoms with E-state index in [0.717, 1.165) is 7.11 Å². The first-order valence-corrected chi connectivity index (χ1v) is 4.49. The number of carbonyl (C=O) groups excluding carboxylic acids is 1. The number of aromatic nitrogens is 1. The van der Waals surface area contributed by atoms with E-state index in [4.69, 9.17) is 11.6 Å². The highest BCUT2D eigenvalue weighted by Crippen LogP contribution is 2.18. The van der Waals surface area contributed by atoms with Crippen molar-refractivity contribution in [3.05, 3.63) is 29.0 Å². The fraction of sp³-hybridized carbons (Fsp3) is 0.333. The Balaban J connectivity index is 2.80. The van der Waals surface area contributed by atoms with Crippen LogP contribution >= 0.6 is 11.6 Å². The summed E-state index contributed by atoms with van der Waals surface area (Å²) in [6, 6.07) is 2.91. The second-order valence-electron chi connectivity index (χ2n) is 2.83. The number of aliphatic hydroxyl groups excluding tert-OH is 2. The van der Waals surface area contributed by atoms with Gasteiger partial charge in [-0.2, -0.15) is 0 Å². The van der Waals surface area contributed by atoms with Crippen LogP contribution in [-0.4, -0.2) is 34.4 Å². The number of hydrogen-bond donors (Lipinski definition) is 2. The number of esters is 1. The van der Waals surface area contributed by atoms with Gasteiger partial charge in [0.2, 0.25) is 0 Å². The Bertz CT molecular complexity index is 340. The van der Waals surface area contributed by atoms with Crippen molar-refractivity contribution in [2.75, 3.05) is 7.11 Å². The molecular formula is C9H10ClNO4. The molecule has 0 saturated heterocycles. The summed E-state index contributed by atoms with van der Waals surface area (Å²) in [5.74, 6) is -0.905. The summed E-state index contributed by atoms with van der Waals surface area (Å²) in [4.78, 5) is 14.6. The molecule has 0 radical (unpaired) electrons. The second-order valence-corrected chi connectivity index (χ2v) is 3.21. The maximum absolute atomic E-state index is 10.9. The van der Waals surface area contributed by atoms with Crippen molar-refractivity contribution in [2.45, 2.75) is 12.2 Å². The highest BCUT2D eigenvalue weighted by atomic mass is 35.5. The molecule has 0 fully saturated rings. The predicted octanol–water partition coefficient (Wildman–Crippen LogP) is 0.302. The molecule has 2 atom stereocenters. The van der Waals surface area contributed by atoms with Gasteiger partial charge in [-0.3, -0.25) is 0 Å². The second kappa shape index (κ2) is 5.06. The van der Waals surface area contributed by atoms with Gasteiger partial charge >= 0.3 is 5.97 Å². The minimum atomic E-state index is -1.63. The molecule has 1 heterocycles. The number of methoxy groups -OCH3 is 1. The Morgan fingerprint density at radius 2 is 2.20 bits per heavy atom. The van der Waals surface area contributed by atoms with Crippen LogP contribution in [0.5, 0.6) is 0 Å². The Labute approximate surface area is 91.3 Å². The standard InChI is InChI=1S/C9H10ClNO4/c1-15-9(14)8(13)7(12)5-2-3-6(10)11-4-5/h2-4,7-8,12-13H,1H3. The summed E-state index contributed by atoms with van der Waals surface area (Å²) in [6.45, 7) is 0. The van der Waals surface area contributed by atoms with E-state index in [1.54, 1.807) is 0 Å². The molecule has 0 aliphatic rings. The van der Waals surface area contributed by atoms with Gasteiger partial charge in [0.05, 0.1) is 7.11 Å². The van der Waals surface area contributed by atoms with E-state index in [9.17, 15) is 15.0 Å². The van der Waals surface area contributed by atoms with Crippen LogP contribution in [0.2, 0.25) is 5.15 Å². The third-order valence-electron chi connectivity index (χ3n) is 1.83. The molecule has 5 nitrogen and oxygen atoms in total. The maximum atomic E-state index is 10.9. The molecule has 0 saturated carbocycles. The van der Waals surface area contributed by atoms with Crippen molar-refractivity contribution < 1.29 is 19.7 Å². The maximum Gasteiger partial charge on any atom is 0.337 e. The van der Waals surface area contributed by atoms with Crippen molar-refractivity contribution in [3.63, 3.8) is 0 Å². The number of carbonyl (C=O) groups is 1. The van der Waals surface area contributed by atoms with Crippen LogP contribution in [0.25, 0.3) is 0 Å². The third kappa shape index (κ3) is 2.89. The van der Waals surface area contributed by atoms with Crippen molar-refractivity contribution in [2.24, 2.45) is 0 Å². The predicted molar refractivity (Wildman–Crippen MR) is 52.2 cm³/mol. The van der Waals surface area contributed by atoms with Crippen LogP contribution in [0.1, 0.15) is 11.7 Å². The molecule has 0 amide bonds. The lowest BCUT2D eigenvalue weighted by atomic mass is 10.1. The normalized spacial score (nSPS) is 14.4. The molecule has 6 heteroatoms. The van der Waals surface area contributed by atoms with Gasteiger partial charge in [-0.1, -0.05) is 17.7 Å². The Morgan fingerprint density at radius 3 is 2.67 bits per heavy atom. The van der Waals surface area contributed by atoms with Crippen LogP contribution in [0, 0.1) is 0 Å². The summed E-state index contributed by atoms with van der Waals surface area (Å²) in [5.41, 5.74) is 0.289. The molecule has 15 heavy (non-hydrogen) atoms. The zero-order valence-electron chi connectivity index (χ0n) is 7.92. The van der Waals surface area contributed by atoms with Gasteiger partial charge in [0.1, 0.15) is 11.3 Å². The van der Waals surface area contributed by atoms with Gasteiger partial charge in [0.25, 0.3) is 0 Å². The first kappa shape index (κ1) is 11.9. The fourth-order valence-electron chi connectivity index (χ4n) is 0.994. The van der Waals surface area contributed by atoms with Gasteiger partial charge in [0.15, 0.2) is 6.10 Å². The lowest BCUT2D eigenvalue weighted by Crippen LogP contribution is -2.29. The average Bonchev–Trinajstić information content (AvgIpc) is 2.27. The van der Waals surface area contributed by atoms with Gasteiger partial charge < -0.3 is 14.9 Å². The average molecular weight is 232 g/mol. The third-order valence-corrected chi connectivity index (χ3v) is 2.06. The van der Waals surface area contributed by atoms with Crippen molar-refractivity contribution >= 4 is 17.6 Å². The monoisotopic (exact) mass is 231 g/mol. The zero-order chi connectivity index (χ0) is 11.4. The molecule has 1 rings (SSSR count). The molecule has 0 aliphatic heterocycles. The van der Waals surface area contributed by atoms with E-state index in [1.165, 1.54) is 18.3 Å². The van der Waals surface area contributed by atoms with Crippen LogP contribution in [-0.2, 0) is 9.53 Å². The molecule has 0 bridgehead atoms. The summed E-state index contributed by atoms with van der Waals surface area (Å²) >= 11 is 5.54. The van der Waals surface area contributed by atoms with Crippen molar-refractivity contribution in [3.8, 4) is 0 Å². The SMILES string of the molecule is COC(=O)C(O)C(O)c1ccc(Cl)nc1. The Hall–Kier alpha value is -1.17. The molecule has 0 spiro atoms. The number of nitrogens with zero attached hydrogens (tertiary/aromatic N) is 1. The van der Waals surface area contributed by atoms with Gasteiger partial charge in [-0.15, -0.1) is 0 Å². The number of pyridine rings is 1. The van der Waals surface area contributed by atoms with E-state index in [2.05, 4.69) is 9.72 Å². The molecule has 1 aromatic heterocycles. The number of halogens is 1. The van der Waals surface area contributed by atoms with Gasteiger partial charge in [0, 0.05) is 11.8 Å². The summed E-state index contributed by atoms with van der Waals surface area (Å²) in [5, 5.41) is 19.1. The Morgan fingerprint density at radius 1 is 1.53 bits per heavy atom. The van der Waals surface area contributed by atoms with E-state index in [-0.39, 0.29) is 10.7 Å². The molecule has 1 aromatic rings. The van der Waals surface area contributed by atoms with Crippen LogP contribution < -0.4 is 0 Å². The zero-order valence-corrected chi connectivity index (χ0v) is 8.68. The largest absolute Gasteiger partial charge is 0.467 e. The topological polar surface area (TPSA) is 79.7 Å². The van der Waals surface area contributed by atoms with Crippen molar-refractivity contribution in [1.82, 2.24) is 4.98 Å². The summed E-state index contributed by atoms with van der Waals surface area (Å²) in [7, 11) is 1.12. The van der Waals surface area contributed by atoms with E-state index >= 15 is 0 Å². The molecular weight excluding hydrogens is 222 g/mol. The number of ether oxygens (including phenoxy) is 1. The molecule has 2 unspecified atom stereocenters. The number of hydrogen-bond acceptors (Lipinski definition) is 5. The smallest absolute Gasteiger partial charge is 0.337 e. The molecule has 2 N–H and O–H groups in total. The van der Waals surface area contributed by atoms with E-state index < -0.39 is 18.2 Å². The van der Waals surface area contributed by atoms with Gasteiger partial charge in [-0.05, 0) is 6.07 Å². The van der Waals surface area contributed by atoms with Crippen molar-refractivity contribution in [1.29, 1.82) is 0 Å². The molecule has 0 aromatic carbocycles. The van der Waals surface area contributed by atoms with Crippen LogP contribution in [0.3, 0.4) is 0 Å². The number of aliphatic hydroxyl groups is 2. The minimum absolute atomic E-state index is 0.263. The van der Waals surface area contributed by atoms with E-state index in [0.29, 0.717) is 0 Å². The minimum Gasteiger partial charge on any atom is -0.467 e. The fourth-order valence-corrected chi connectivity index (χ4v) is 1.11. The summed E-state index contributed by atoms with van der Waals surface area (Å²) < 4.78 is 4.28. The summed E-state index contributed by atoms with van der Waals surface area (Å²) in [6.07, 6.45) is -1.72. The van der Waals surface area contributed by atoms with Crippen LogP contribution in [0.4, 0.5) is 0 Å². The number of rotatable bonds is 3. The van der Waals surface area contributed by atoms with E-state index in [1.807, 2.05) is 0 Å². The molecule has 0 aliphatic carbocycles. The van der Waals surface area contributed by atoms with Crippen LogP contribution in [0.15, 0.2) is 18.3 Å².